The second-order valence-electron chi connectivity index (χ2n) is 7.77. The molecule has 5 rings (SSSR count). The molecule has 0 unspecified atom stereocenters. The third-order valence-corrected chi connectivity index (χ3v) is 6.98. The first-order valence-electron chi connectivity index (χ1n) is 10.5. The molecule has 2 fully saturated rings. The second-order valence-corrected chi connectivity index (χ2v) is 8.75. The van der Waals surface area contributed by atoms with Crippen LogP contribution in [0.5, 0.6) is 0 Å². The zero-order chi connectivity index (χ0) is 21.2. The fourth-order valence-corrected chi connectivity index (χ4v) is 5.05. The number of carbonyl (C=O) groups is 1. The van der Waals surface area contributed by atoms with E-state index in [1.165, 1.54) is 11.3 Å². The molecule has 2 aliphatic heterocycles. The summed E-state index contributed by atoms with van der Waals surface area (Å²) < 4.78 is 10.8. The van der Waals surface area contributed by atoms with Gasteiger partial charge in [0, 0.05) is 50.1 Å². The van der Waals surface area contributed by atoms with Crippen LogP contribution in [0.4, 0.5) is 5.13 Å². The number of nitrogens with zero attached hydrogens (tertiary/aromatic N) is 6. The van der Waals surface area contributed by atoms with Crippen LogP contribution in [0.25, 0.3) is 11.5 Å². The highest BCUT2D eigenvalue weighted by molar-refractivity contribution is 7.17. The molecular weight excluding hydrogens is 416 g/mol. The van der Waals surface area contributed by atoms with E-state index in [2.05, 4.69) is 25.0 Å². The van der Waals surface area contributed by atoms with Gasteiger partial charge in [0.15, 0.2) is 11.0 Å². The molecule has 3 aromatic rings. The number of likely N-dealkylation sites (tertiary alicyclic amines) is 1. The van der Waals surface area contributed by atoms with Crippen LogP contribution in [-0.2, 0) is 4.74 Å². The molecule has 5 heterocycles. The maximum atomic E-state index is 13.1. The van der Waals surface area contributed by atoms with Crippen molar-refractivity contribution in [3.63, 3.8) is 0 Å². The Morgan fingerprint density at radius 1 is 1.10 bits per heavy atom. The van der Waals surface area contributed by atoms with Crippen molar-refractivity contribution in [2.75, 3.05) is 44.3 Å². The summed E-state index contributed by atoms with van der Waals surface area (Å²) in [7, 11) is 0. The molecule has 3 aromatic heterocycles. The number of hydrogen-bond donors (Lipinski definition) is 0. The molecule has 2 saturated heterocycles. The molecule has 0 aromatic carbocycles. The van der Waals surface area contributed by atoms with E-state index in [-0.39, 0.29) is 11.8 Å². The van der Waals surface area contributed by atoms with Crippen LogP contribution in [0.3, 0.4) is 0 Å². The number of pyridine rings is 1. The van der Waals surface area contributed by atoms with E-state index in [9.17, 15) is 4.79 Å². The minimum atomic E-state index is 0.0681. The summed E-state index contributed by atoms with van der Waals surface area (Å²) in [4.78, 5) is 31.2. The van der Waals surface area contributed by atoms with E-state index in [1.807, 2.05) is 24.0 Å². The standard InChI is InChI=1S/C21H24N6O3S/c1-14-17(31-21(23-14)27-10-12-29-13-11-27)20(28)26-8-4-15(5-9-26)18-24-19(30-25-18)16-2-6-22-7-3-16/h2-3,6-7,15H,4-5,8-13H2,1H3. The predicted octanol–water partition coefficient (Wildman–Crippen LogP) is 2.75. The molecule has 31 heavy (non-hydrogen) atoms. The number of thiazole rings is 1. The number of morpholine rings is 1. The van der Waals surface area contributed by atoms with E-state index in [0.717, 1.165) is 47.2 Å². The fourth-order valence-electron chi connectivity index (χ4n) is 3.97. The van der Waals surface area contributed by atoms with E-state index in [1.54, 1.807) is 12.4 Å². The van der Waals surface area contributed by atoms with Crippen molar-refractivity contribution in [3.05, 3.63) is 40.9 Å². The van der Waals surface area contributed by atoms with Crippen molar-refractivity contribution < 1.29 is 14.1 Å². The Morgan fingerprint density at radius 3 is 2.58 bits per heavy atom. The molecule has 2 aliphatic rings. The van der Waals surface area contributed by atoms with E-state index < -0.39 is 0 Å². The molecule has 0 bridgehead atoms. The molecule has 0 aliphatic carbocycles. The molecular formula is C21H24N6O3S. The van der Waals surface area contributed by atoms with Crippen molar-refractivity contribution in [1.82, 2.24) is 25.0 Å². The Labute approximate surface area is 184 Å². The summed E-state index contributed by atoms with van der Waals surface area (Å²) in [5, 5.41) is 5.09. The first-order valence-corrected chi connectivity index (χ1v) is 11.3. The van der Waals surface area contributed by atoms with Crippen LogP contribution in [0.15, 0.2) is 29.0 Å². The molecule has 0 saturated carbocycles. The van der Waals surface area contributed by atoms with Crippen molar-refractivity contribution in [2.45, 2.75) is 25.7 Å². The first kappa shape index (κ1) is 20.1. The average Bonchev–Trinajstić information content (AvgIpc) is 3.47. The van der Waals surface area contributed by atoms with Crippen molar-refractivity contribution >= 4 is 22.4 Å². The maximum Gasteiger partial charge on any atom is 0.265 e. The third-order valence-electron chi connectivity index (χ3n) is 5.78. The SMILES string of the molecule is Cc1nc(N2CCOCC2)sc1C(=O)N1CCC(c2noc(-c3ccncc3)n2)CC1. The quantitative estimate of drug-likeness (QED) is 0.611. The summed E-state index contributed by atoms with van der Waals surface area (Å²) in [6.45, 7) is 6.30. The van der Waals surface area contributed by atoms with Gasteiger partial charge in [-0.2, -0.15) is 4.98 Å². The molecule has 0 spiro atoms. The highest BCUT2D eigenvalue weighted by atomic mass is 32.1. The summed E-state index contributed by atoms with van der Waals surface area (Å²) in [5.74, 6) is 1.47. The lowest BCUT2D eigenvalue weighted by atomic mass is 9.96. The lowest BCUT2D eigenvalue weighted by Gasteiger charge is -2.30. The Balaban J connectivity index is 1.22. The number of hydrogen-bond acceptors (Lipinski definition) is 9. The van der Waals surface area contributed by atoms with Gasteiger partial charge < -0.3 is 19.1 Å². The number of ether oxygens (including phenoxy) is 1. The van der Waals surface area contributed by atoms with Gasteiger partial charge in [0.2, 0.25) is 0 Å². The molecule has 1 amide bonds. The summed E-state index contributed by atoms with van der Waals surface area (Å²) >= 11 is 1.49. The number of piperidine rings is 1. The Kier molecular flexibility index (Phi) is 5.65. The molecule has 9 nitrogen and oxygen atoms in total. The second kappa shape index (κ2) is 8.72. The molecule has 0 N–H and O–H groups in total. The molecule has 162 valence electrons. The number of rotatable bonds is 4. The smallest absolute Gasteiger partial charge is 0.265 e. The van der Waals surface area contributed by atoms with Gasteiger partial charge in [-0.3, -0.25) is 9.78 Å². The largest absolute Gasteiger partial charge is 0.378 e. The molecule has 10 heteroatoms. The Hall–Kier alpha value is -2.85. The van der Waals surface area contributed by atoms with E-state index >= 15 is 0 Å². The van der Waals surface area contributed by atoms with Crippen LogP contribution >= 0.6 is 11.3 Å². The van der Waals surface area contributed by atoms with Gasteiger partial charge in [0.25, 0.3) is 11.8 Å². The van der Waals surface area contributed by atoms with Crippen LogP contribution in [-0.4, -0.2) is 70.3 Å². The lowest BCUT2D eigenvalue weighted by Crippen LogP contribution is -2.38. The molecule has 0 atom stereocenters. The van der Waals surface area contributed by atoms with Crippen molar-refractivity contribution in [1.29, 1.82) is 0 Å². The minimum Gasteiger partial charge on any atom is -0.378 e. The number of anilines is 1. The predicted molar refractivity (Wildman–Crippen MR) is 115 cm³/mol. The van der Waals surface area contributed by atoms with Crippen molar-refractivity contribution in [3.8, 4) is 11.5 Å². The normalized spacial score (nSPS) is 17.8. The van der Waals surface area contributed by atoms with Crippen molar-refractivity contribution in [2.24, 2.45) is 0 Å². The van der Waals surface area contributed by atoms with Gasteiger partial charge in [-0.05, 0) is 31.9 Å². The van der Waals surface area contributed by atoms with Gasteiger partial charge in [0.05, 0.1) is 18.9 Å². The maximum absolute atomic E-state index is 13.1. The van der Waals surface area contributed by atoms with Gasteiger partial charge >= 0.3 is 0 Å². The lowest BCUT2D eigenvalue weighted by molar-refractivity contribution is 0.0714. The third kappa shape index (κ3) is 4.17. The van der Waals surface area contributed by atoms with Gasteiger partial charge in [-0.25, -0.2) is 4.98 Å². The van der Waals surface area contributed by atoms with E-state index in [4.69, 9.17) is 9.26 Å². The highest BCUT2D eigenvalue weighted by Gasteiger charge is 2.30. The highest BCUT2D eigenvalue weighted by Crippen LogP contribution is 2.31. The van der Waals surface area contributed by atoms with Crippen LogP contribution in [0.2, 0.25) is 0 Å². The Morgan fingerprint density at radius 2 is 1.84 bits per heavy atom. The fraction of sp³-hybridized carbons (Fsp3) is 0.476. The van der Waals surface area contributed by atoms with Gasteiger partial charge in [-0.1, -0.05) is 16.5 Å². The number of aryl methyl sites for hydroxylation is 1. The average molecular weight is 441 g/mol. The van der Waals surface area contributed by atoms with Gasteiger partial charge in [0.1, 0.15) is 4.88 Å². The summed E-state index contributed by atoms with van der Waals surface area (Å²) in [6, 6.07) is 3.70. The minimum absolute atomic E-state index is 0.0681. The zero-order valence-corrected chi connectivity index (χ0v) is 18.2. The Bertz CT molecular complexity index is 1040. The summed E-state index contributed by atoms with van der Waals surface area (Å²) in [6.07, 6.45) is 5.04. The molecule has 0 radical (unpaired) electrons. The first-order chi connectivity index (χ1) is 15.2. The number of amides is 1. The topological polar surface area (TPSA) is 97.5 Å². The number of carbonyl (C=O) groups excluding carboxylic acids is 1. The number of aromatic nitrogens is 4. The van der Waals surface area contributed by atoms with Gasteiger partial charge in [-0.15, -0.1) is 0 Å². The summed E-state index contributed by atoms with van der Waals surface area (Å²) in [5.41, 5.74) is 1.66. The van der Waals surface area contributed by atoms with E-state index in [0.29, 0.717) is 38.0 Å². The monoisotopic (exact) mass is 440 g/mol. The zero-order valence-electron chi connectivity index (χ0n) is 17.4. The van der Waals surface area contributed by atoms with Crippen LogP contribution in [0.1, 0.15) is 39.9 Å². The van der Waals surface area contributed by atoms with Crippen LogP contribution < -0.4 is 4.90 Å². The van der Waals surface area contributed by atoms with Crippen LogP contribution in [0, 0.1) is 6.92 Å².